The Labute approximate surface area is 129 Å². The fourth-order valence-electron chi connectivity index (χ4n) is 2.74. The second kappa shape index (κ2) is 5.22. The molecule has 0 saturated carbocycles. The smallest absolute Gasteiger partial charge is 0.131 e. The molecule has 3 aromatic rings. The normalized spacial score (nSPS) is 10.9. The molecule has 2 heterocycles. The molecule has 2 N–H and O–H groups in total. The summed E-state index contributed by atoms with van der Waals surface area (Å²) < 4.78 is 0. The SMILES string of the molecule is C=C(O)c1cc2cc(-c3ccnc(N(C)C)c3C)ccc2[nH]1. The van der Waals surface area contributed by atoms with Crippen LogP contribution in [-0.2, 0) is 0 Å². The number of H-pyrrole nitrogens is 1. The summed E-state index contributed by atoms with van der Waals surface area (Å²) >= 11 is 0. The summed E-state index contributed by atoms with van der Waals surface area (Å²) in [7, 11) is 3.99. The number of benzene rings is 1. The van der Waals surface area contributed by atoms with Crippen molar-refractivity contribution in [3.8, 4) is 11.1 Å². The van der Waals surface area contributed by atoms with Gasteiger partial charge in [-0.1, -0.05) is 12.6 Å². The van der Waals surface area contributed by atoms with E-state index in [1.807, 2.05) is 43.4 Å². The van der Waals surface area contributed by atoms with E-state index in [-0.39, 0.29) is 5.76 Å². The zero-order valence-electron chi connectivity index (χ0n) is 13.0. The summed E-state index contributed by atoms with van der Waals surface area (Å²) in [6, 6.07) is 10.1. The summed E-state index contributed by atoms with van der Waals surface area (Å²) in [6.07, 6.45) is 1.83. The van der Waals surface area contributed by atoms with Crippen molar-refractivity contribution in [2.24, 2.45) is 0 Å². The molecule has 0 spiro atoms. The van der Waals surface area contributed by atoms with Crippen molar-refractivity contribution in [3.63, 3.8) is 0 Å². The van der Waals surface area contributed by atoms with Crippen LogP contribution >= 0.6 is 0 Å². The second-order valence-electron chi connectivity index (χ2n) is 5.63. The lowest BCUT2D eigenvalue weighted by molar-refractivity contribution is 0.511. The van der Waals surface area contributed by atoms with Gasteiger partial charge in [-0.15, -0.1) is 0 Å². The zero-order chi connectivity index (χ0) is 15.9. The van der Waals surface area contributed by atoms with Crippen molar-refractivity contribution in [3.05, 3.63) is 54.4 Å². The molecule has 22 heavy (non-hydrogen) atoms. The van der Waals surface area contributed by atoms with Crippen molar-refractivity contribution in [2.75, 3.05) is 19.0 Å². The number of nitrogens with zero attached hydrogens (tertiary/aromatic N) is 2. The molecule has 4 nitrogen and oxygen atoms in total. The van der Waals surface area contributed by atoms with Crippen LogP contribution in [0.1, 0.15) is 11.3 Å². The molecule has 0 aliphatic heterocycles. The Kier molecular flexibility index (Phi) is 3.37. The van der Waals surface area contributed by atoms with Crippen molar-refractivity contribution in [1.82, 2.24) is 9.97 Å². The summed E-state index contributed by atoms with van der Waals surface area (Å²) in [5.41, 5.74) is 5.06. The van der Waals surface area contributed by atoms with E-state index in [9.17, 15) is 5.11 Å². The van der Waals surface area contributed by atoms with E-state index in [4.69, 9.17) is 0 Å². The fourth-order valence-corrected chi connectivity index (χ4v) is 2.74. The number of aliphatic hydroxyl groups excluding tert-OH is 1. The molecule has 0 atom stereocenters. The summed E-state index contributed by atoms with van der Waals surface area (Å²) in [5, 5.41) is 10.6. The van der Waals surface area contributed by atoms with Gasteiger partial charge in [0, 0.05) is 31.2 Å². The number of fused-ring (bicyclic) bond motifs is 1. The maximum atomic E-state index is 9.51. The molecule has 0 bridgehead atoms. The van der Waals surface area contributed by atoms with Gasteiger partial charge in [0.15, 0.2) is 0 Å². The lowest BCUT2D eigenvalue weighted by atomic mass is 10.0. The molecule has 1 aromatic carbocycles. The van der Waals surface area contributed by atoms with Gasteiger partial charge in [-0.05, 0) is 47.9 Å². The van der Waals surface area contributed by atoms with Crippen molar-refractivity contribution in [1.29, 1.82) is 0 Å². The van der Waals surface area contributed by atoms with Gasteiger partial charge in [-0.2, -0.15) is 0 Å². The third kappa shape index (κ3) is 2.33. The molecule has 0 saturated heterocycles. The highest BCUT2D eigenvalue weighted by atomic mass is 16.3. The number of nitrogens with one attached hydrogen (secondary N) is 1. The third-order valence-corrected chi connectivity index (χ3v) is 3.84. The zero-order valence-corrected chi connectivity index (χ0v) is 13.0. The number of pyridine rings is 1. The van der Waals surface area contributed by atoms with Gasteiger partial charge in [0.2, 0.25) is 0 Å². The number of hydrogen-bond donors (Lipinski definition) is 2. The number of hydrogen-bond acceptors (Lipinski definition) is 3. The highest BCUT2D eigenvalue weighted by Gasteiger charge is 2.10. The van der Waals surface area contributed by atoms with Crippen molar-refractivity contribution < 1.29 is 5.11 Å². The van der Waals surface area contributed by atoms with Crippen LogP contribution in [0, 0.1) is 6.92 Å². The lowest BCUT2D eigenvalue weighted by Gasteiger charge is -2.16. The molecule has 0 aliphatic rings. The molecule has 0 aliphatic carbocycles. The minimum absolute atomic E-state index is 0.0488. The van der Waals surface area contributed by atoms with E-state index in [1.165, 1.54) is 0 Å². The van der Waals surface area contributed by atoms with E-state index < -0.39 is 0 Å². The molecule has 0 radical (unpaired) electrons. The first-order chi connectivity index (χ1) is 10.5. The molecule has 112 valence electrons. The van der Waals surface area contributed by atoms with Crippen LogP contribution < -0.4 is 4.90 Å². The van der Waals surface area contributed by atoms with Crippen molar-refractivity contribution >= 4 is 22.5 Å². The van der Waals surface area contributed by atoms with Crippen LogP contribution in [0.4, 0.5) is 5.82 Å². The molecule has 4 heteroatoms. The third-order valence-electron chi connectivity index (χ3n) is 3.84. The van der Waals surface area contributed by atoms with Crippen LogP contribution in [0.3, 0.4) is 0 Å². The van der Waals surface area contributed by atoms with Gasteiger partial charge in [0.25, 0.3) is 0 Å². The van der Waals surface area contributed by atoms with E-state index >= 15 is 0 Å². The van der Waals surface area contributed by atoms with E-state index in [0.29, 0.717) is 5.69 Å². The van der Waals surface area contributed by atoms with Crippen molar-refractivity contribution in [2.45, 2.75) is 6.92 Å². The Balaban J connectivity index is 2.14. The topological polar surface area (TPSA) is 52.2 Å². The summed E-state index contributed by atoms with van der Waals surface area (Å²) in [5.74, 6) is 1.02. The quantitative estimate of drug-likeness (QED) is 0.714. The number of aromatic nitrogens is 2. The number of rotatable bonds is 3. The lowest BCUT2D eigenvalue weighted by Crippen LogP contribution is -2.12. The van der Waals surface area contributed by atoms with Gasteiger partial charge in [0.05, 0.1) is 5.69 Å². The van der Waals surface area contributed by atoms with Gasteiger partial charge in [0.1, 0.15) is 11.6 Å². The Bertz CT molecular complexity index is 862. The first-order valence-corrected chi connectivity index (χ1v) is 7.11. The Morgan fingerprint density at radius 1 is 1.23 bits per heavy atom. The van der Waals surface area contributed by atoms with Crippen LogP contribution in [-0.4, -0.2) is 29.2 Å². The predicted octanol–water partition coefficient (Wildman–Crippen LogP) is 4.13. The van der Waals surface area contributed by atoms with Gasteiger partial charge >= 0.3 is 0 Å². The molecule has 0 unspecified atom stereocenters. The number of aliphatic hydroxyl groups is 1. The summed E-state index contributed by atoms with van der Waals surface area (Å²) in [4.78, 5) is 9.59. The summed E-state index contributed by atoms with van der Waals surface area (Å²) in [6.45, 7) is 5.64. The Morgan fingerprint density at radius 3 is 2.68 bits per heavy atom. The largest absolute Gasteiger partial charge is 0.506 e. The van der Waals surface area contributed by atoms with Crippen LogP contribution in [0.2, 0.25) is 0 Å². The first-order valence-electron chi connectivity index (χ1n) is 7.11. The fraction of sp³-hybridized carbons (Fsp3) is 0.167. The number of anilines is 1. The van der Waals surface area contributed by atoms with Crippen LogP contribution in [0.25, 0.3) is 27.8 Å². The molecule has 0 fully saturated rings. The minimum Gasteiger partial charge on any atom is -0.506 e. The average Bonchev–Trinajstić information content (AvgIpc) is 2.90. The van der Waals surface area contributed by atoms with E-state index in [2.05, 4.69) is 35.6 Å². The minimum atomic E-state index is 0.0488. The van der Waals surface area contributed by atoms with Crippen LogP contribution in [0.5, 0.6) is 0 Å². The first kappa shape index (κ1) is 14.2. The maximum Gasteiger partial charge on any atom is 0.131 e. The maximum absolute atomic E-state index is 9.51. The average molecular weight is 293 g/mol. The second-order valence-corrected chi connectivity index (χ2v) is 5.63. The Morgan fingerprint density at radius 2 is 2.00 bits per heavy atom. The molecule has 2 aromatic heterocycles. The van der Waals surface area contributed by atoms with Crippen LogP contribution in [0.15, 0.2) is 43.1 Å². The van der Waals surface area contributed by atoms with E-state index in [0.717, 1.165) is 33.4 Å². The molecule has 0 amide bonds. The molecular formula is C18H19N3O. The highest BCUT2D eigenvalue weighted by molar-refractivity contribution is 5.88. The molecule has 3 rings (SSSR count). The Hall–Kier alpha value is -2.75. The predicted molar refractivity (Wildman–Crippen MR) is 92.3 cm³/mol. The van der Waals surface area contributed by atoms with Gasteiger partial charge in [-0.3, -0.25) is 0 Å². The highest BCUT2D eigenvalue weighted by Crippen LogP contribution is 2.31. The molecular weight excluding hydrogens is 274 g/mol. The standard InChI is InChI=1S/C18H19N3O/c1-11-15(7-8-19-18(11)21(3)4)13-5-6-16-14(9-13)10-17(20-16)12(2)22/h5-10,20,22H,2H2,1,3-4H3. The monoisotopic (exact) mass is 293 g/mol. The van der Waals surface area contributed by atoms with E-state index in [1.54, 1.807) is 0 Å². The van der Waals surface area contributed by atoms with Gasteiger partial charge in [-0.25, -0.2) is 4.98 Å². The van der Waals surface area contributed by atoms with Gasteiger partial charge < -0.3 is 15.0 Å². The number of aromatic amines is 1.